The van der Waals surface area contributed by atoms with Crippen molar-refractivity contribution in [3.8, 4) is 0 Å². The SMILES string of the molecule is C/C=C(\C)[C@H](O[Si](CCC(F)(F)C(F)(F)C(F)(F)F)(C(C)C)C(C)C)[C@@H](C)[C@H](CC=O)O[Si](c1ccccc1)(c1ccccc1)C(C)(C)C. The van der Waals surface area contributed by atoms with Gasteiger partial charge in [0.15, 0.2) is 8.32 Å². The van der Waals surface area contributed by atoms with E-state index >= 15 is 0 Å². The molecule has 3 atom stereocenters. The molecule has 0 saturated carbocycles. The summed E-state index contributed by atoms with van der Waals surface area (Å²) in [6.45, 7) is 18.7. The zero-order valence-corrected chi connectivity index (χ0v) is 32.3. The number of carbonyl (C=O) groups excluding carboxylic acids is 1. The van der Waals surface area contributed by atoms with E-state index in [4.69, 9.17) is 8.85 Å². The first-order valence-electron chi connectivity index (χ1n) is 16.8. The zero-order valence-electron chi connectivity index (χ0n) is 30.3. The van der Waals surface area contributed by atoms with Crippen molar-refractivity contribution in [2.75, 3.05) is 0 Å². The lowest BCUT2D eigenvalue weighted by Crippen LogP contribution is -2.68. The normalized spacial score (nSPS) is 16.2. The van der Waals surface area contributed by atoms with E-state index in [1.54, 1.807) is 47.6 Å². The molecule has 0 unspecified atom stereocenters. The average Bonchev–Trinajstić information content (AvgIpc) is 3.02. The summed E-state index contributed by atoms with van der Waals surface area (Å²) in [4.78, 5) is 12.3. The van der Waals surface area contributed by atoms with Gasteiger partial charge in [0, 0.05) is 18.8 Å². The molecular weight excluding hydrogens is 682 g/mol. The maximum Gasteiger partial charge on any atom is 0.459 e. The summed E-state index contributed by atoms with van der Waals surface area (Å²) in [5.41, 5.74) is -0.145. The van der Waals surface area contributed by atoms with Crippen molar-refractivity contribution in [2.24, 2.45) is 5.92 Å². The Morgan fingerprint density at radius 2 is 1.22 bits per heavy atom. The van der Waals surface area contributed by atoms with Gasteiger partial charge in [0.2, 0.25) is 0 Å². The molecule has 276 valence electrons. The minimum absolute atomic E-state index is 0.0176. The van der Waals surface area contributed by atoms with E-state index in [0.717, 1.165) is 16.7 Å². The second-order valence-electron chi connectivity index (χ2n) is 14.7. The molecule has 2 aromatic rings. The van der Waals surface area contributed by atoms with Crippen molar-refractivity contribution in [2.45, 2.75) is 134 Å². The van der Waals surface area contributed by atoms with E-state index in [9.17, 15) is 35.5 Å². The fourth-order valence-corrected chi connectivity index (χ4v) is 16.4. The van der Waals surface area contributed by atoms with Gasteiger partial charge in [-0.05, 0) is 52.0 Å². The number of benzene rings is 2. The summed E-state index contributed by atoms with van der Waals surface area (Å²) >= 11 is 0. The van der Waals surface area contributed by atoms with Crippen LogP contribution in [0.2, 0.25) is 22.2 Å². The molecule has 0 heterocycles. The van der Waals surface area contributed by atoms with Crippen molar-refractivity contribution < 1.29 is 44.4 Å². The molecule has 0 saturated heterocycles. The first-order chi connectivity index (χ1) is 22.5. The first-order valence-corrected chi connectivity index (χ1v) is 21.0. The topological polar surface area (TPSA) is 35.5 Å². The standard InChI is InChI=1S/C37H53F7O3Si2/c1-11-28(6)33(47-48(26(2)3,27(4)5)25-23-35(38,39)36(40,41)37(42,43)44)29(7)32(22-24-45)46-49(34(8,9)10,30-18-14-12-15-19-30)31-20-16-13-17-21-31/h11-21,24,26-27,29,32-33H,22-23,25H2,1-10H3/b28-11+/t29-,32-,33-/m0/s1. The molecule has 2 rings (SSSR count). The molecule has 0 spiro atoms. The van der Waals surface area contributed by atoms with Crippen molar-refractivity contribution in [1.82, 2.24) is 0 Å². The minimum atomic E-state index is -6.41. The van der Waals surface area contributed by atoms with Crippen LogP contribution in [0.15, 0.2) is 72.3 Å². The number of allylic oxidation sites excluding steroid dienone is 1. The maximum absolute atomic E-state index is 14.8. The molecular formula is C37H53F7O3Si2. The highest BCUT2D eigenvalue weighted by Crippen LogP contribution is 2.51. The van der Waals surface area contributed by atoms with Crippen LogP contribution in [0.25, 0.3) is 0 Å². The second kappa shape index (κ2) is 16.4. The predicted octanol–water partition coefficient (Wildman–Crippen LogP) is 10.5. The predicted molar refractivity (Wildman–Crippen MR) is 188 cm³/mol. The smallest absolute Gasteiger partial charge is 0.409 e. The lowest BCUT2D eigenvalue weighted by Gasteiger charge is -2.48. The number of halogens is 7. The Hall–Kier alpha value is -2.29. The number of carbonyl (C=O) groups is 1. The van der Waals surface area contributed by atoms with Crippen LogP contribution in [-0.2, 0) is 13.6 Å². The van der Waals surface area contributed by atoms with Crippen LogP contribution in [0.1, 0.15) is 82.1 Å². The van der Waals surface area contributed by atoms with Gasteiger partial charge in [-0.3, -0.25) is 0 Å². The monoisotopic (exact) mass is 734 g/mol. The number of aldehydes is 1. The van der Waals surface area contributed by atoms with Gasteiger partial charge in [-0.25, -0.2) is 0 Å². The molecule has 2 aromatic carbocycles. The molecule has 0 N–H and O–H groups in total. The summed E-state index contributed by atoms with van der Waals surface area (Å²) in [6.07, 6.45) is -7.07. The quantitative estimate of drug-likeness (QED) is 0.0703. The van der Waals surface area contributed by atoms with E-state index < -0.39 is 81.4 Å². The van der Waals surface area contributed by atoms with Crippen LogP contribution >= 0.6 is 0 Å². The maximum atomic E-state index is 14.8. The highest BCUT2D eigenvalue weighted by Gasteiger charge is 2.72. The molecule has 12 heteroatoms. The molecule has 0 fully saturated rings. The van der Waals surface area contributed by atoms with Crippen molar-refractivity contribution >= 4 is 33.3 Å². The fraction of sp³-hybridized carbons (Fsp3) is 0.595. The summed E-state index contributed by atoms with van der Waals surface area (Å²) < 4.78 is 111. The van der Waals surface area contributed by atoms with E-state index in [1.807, 2.05) is 67.6 Å². The highest BCUT2D eigenvalue weighted by molar-refractivity contribution is 6.99. The number of hydrogen-bond acceptors (Lipinski definition) is 3. The van der Waals surface area contributed by atoms with E-state index in [1.165, 1.54) is 0 Å². The molecule has 0 bridgehead atoms. The van der Waals surface area contributed by atoms with Gasteiger partial charge in [-0.2, -0.15) is 30.7 Å². The Morgan fingerprint density at radius 3 is 1.57 bits per heavy atom. The van der Waals surface area contributed by atoms with Gasteiger partial charge in [0.05, 0.1) is 12.2 Å². The second-order valence-corrected chi connectivity index (χ2v) is 23.9. The summed E-state index contributed by atoms with van der Waals surface area (Å²) in [5, 5.41) is 1.53. The largest absolute Gasteiger partial charge is 0.459 e. The van der Waals surface area contributed by atoms with E-state index in [2.05, 4.69) is 20.8 Å². The van der Waals surface area contributed by atoms with Gasteiger partial charge in [0.25, 0.3) is 8.32 Å². The molecule has 0 aliphatic carbocycles. The third-order valence-electron chi connectivity index (χ3n) is 9.99. The molecule has 0 aliphatic heterocycles. The Kier molecular flexibility index (Phi) is 14.3. The van der Waals surface area contributed by atoms with Crippen molar-refractivity contribution in [1.29, 1.82) is 0 Å². The number of rotatable bonds is 17. The summed E-state index contributed by atoms with van der Waals surface area (Å²) in [7, 11) is -6.74. The zero-order chi connectivity index (χ0) is 37.6. The Balaban J connectivity index is 2.74. The van der Waals surface area contributed by atoms with Gasteiger partial charge < -0.3 is 13.6 Å². The number of hydrogen-bond donors (Lipinski definition) is 0. The van der Waals surface area contributed by atoms with E-state index in [-0.39, 0.29) is 6.42 Å². The third-order valence-corrected chi connectivity index (χ3v) is 20.7. The molecule has 49 heavy (non-hydrogen) atoms. The van der Waals surface area contributed by atoms with Gasteiger partial charge in [-0.15, -0.1) is 0 Å². The fourth-order valence-electron chi connectivity index (χ4n) is 6.89. The Labute approximate surface area is 289 Å². The van der Waals surface area contributed by atoms with Crippen LogP contribution in [0, 0.1) is 5.92 Å². The van der Waals surface area contributed by atoms with Gasteiger partial charge in [0.1, 0.15) is 6.29 Å². The Morgan fingerprint density at radius 1 is 0.776 bits per heavy atom. The third kappa shape index (κ3) is 8.96. The van der Waals surface area contributed by atoms with Gasteiger partial charge in [-0.1, -0.05) is 122 Å². The lowest BCUT2D eigenvalue weighted by molar-refractivity contribution is -0.354. The molecule has 0 aliphatic rings. The summed E-state index contributed by atoms with van der Waals surface area (Å²) in [6, 6.07) is 19.0. The van der Waals surface area contributed by atoms with Crippen LogP contribution in [-0.4, -0.2) is 53.2 Å². The molecule has 0 radical (unpaired) electrons. The minimum Gasteiger partial charge on any atom is -0.409 e. The van der Waals surface area contributed by atoms with Crippen LogP contribution in [0.5, 0.6) is 0 Å². The first kappa shape index (κ1) is 42.9. The molecule has 0 amide bonds. The lowest BCUT2D eigenvalue weighted by atomic mass is 9.91. The molecule has 0 aromatic heterocycles. The molecule has 3 nitrogen and oxygen atoms in total. The summed E-state index contributed by atoms with van der Waals surface area (Å²) in [5.74, 6) is -12.1. The van der Waals surface area contributed by atoms with Crippen LogP contribution in [0.4, 0.5) is 30.7 Å². The highest BCUT2D eigenvalue weighted by atomic mass is 28.4. The Bertz CT molecular complexity index is 1310. The number of alkyl halides is 7. The average molecular weight is 735 g/mol. The van der Waals surface area contributed by atoms with Crippen LogP contribution in [0.3, 0.4) is 0 Å². The van der Waals surface area contributed by atoms with E-state index in [0.29, 0.717) is 5.57 Å². The van der Waals surface area contributed by atoms with Crippen LogP contribution < -0.4 is 10.4 Å². The van der Waals surface area contributed by atoms with Crippen molar-refractivity contribution in [3.05, 3.63) is 72.3 Å². The van der Waals surface area contributed by atoms with Crippen molar-refractivity contribution in [3.63, 3.8) is 0 Å². The van der Waals surface area contributed by atoms with Gasteiger partial charge >= 0.3 is 18.0 Å².